The predicted molar refractivity (Wildman–Crippen MR) is 60.4 cm³/mol. The highest BCUT2D eigenvalue weighted by molar-refractivity contribution is 7.89. The van der Waals surface area contributed by atoms with E-state index in [2.05, 4.69) is 4.72 Å². The van der Waals surface area contributed by atoms with Crippen LogP contribution >= 0.6 is 0 Å². The van der Waals surface area contributed by atoms with E-state index < -0.39 is 28.0 Å². The Labute approximate surface area is 101 Å². The lowest BCUT2D eigenvalue weighted by Crippen LogP contribution is -2.50. The lowest BCUT2D eigenvalue weighted by atomic mass is 10.1. The molecule has 17 heavy (non-hydrogen) atoms. The maximum absolute atomic E-state index is 11.8. The highest BCUT2D eigenvalue weighted by atomic mass is 32.2. The molecule has 0 aromatic heterocycles. The number of carbonyl (C=O) groups excluding carboxylic acids is 1. The molecule has 0 aliphatic carbocycles. The first-order valence-corrected chi connectivity index (χ1v) is 6.61. The van der Waals surface area contributed by atoms with E-state index in [0.717, 1.165) is 0 Å². The fourth-order valence-electron chi connectivity index (χ4n) is 1.29. The molecule has 1 rings (SSSR count). The van der Waals surface area contributed by atoms with E-state index in [1.165, 1.54) is 12.1 Å². The maximum Gasteiger partial charge on any atom is 0.241 e. The minimum atomic E-state index is -3.82. The molecule has 1 atom stereocenters. The van der Waals surface area contributed by atoms with Gasteiger partial charge in [0.05, 0.1) is 16.9 Å². The van der Waals surface area contributed by atoms with Crippen LogP contribution in [0.25, 0.3) is 0 Å². The number of carboxylic acid groups (broad SMARTS) is 1. The van der Waals surface area contributed by atoms with Crippen LogP contribution in [0.1, 0.15) is 13.8 Å². The molecule has 0 amide bonds. The number of hydrogen-bond donors (Lipinski definition) is 1. The van der Waals surface area contributed by atoms with Crippen molar-refractivity contribution >= 4 is 16.0 Å². The van der Waals surface area contributed by atoms with Crippen molar-refractivity contribution in [1.82, 2.24) is 4.72 Å². The number of aliphatic carboxylic acids is 1. The predicted octanol–water partition coefficient (Wildman–Crippen LogP) is -0.261. The molecule has 0 radical (unpaired) electrons. The van der Waals surface area contributed by atoms with Crippen LogP contribution in [-0.4, -0.2) is 20.4 Å². The molecular formula is C11H14NO4S-. The standard InChI is InChI=1S/C11H15NO4S/c1-8(2)10(11(13)14)12-17(15,16)9-6-4-3-5-7-9/h3-8,10,12H,1-2H3,(H,13,14)/p-1. The minimum absolute atomic E-state index is 0.0342. The number of rotatable bonds is 5. The van der Waals surface area contributed by atoms with Crippen LogP contribution in [0.2, 0.25) is 0 Å². The van der Waals surface area contributed by atoms with Gasteiger partial charge in [-0.05, 0) is 18.1 Å². The largest absolute Gasteiger partial charge is 0.548 e. The van der Waals surface area contributed by atoms with Crippen molar-refractivity contribution in [2.45, 2.75) is 24.8 Å². The Morgan fingerprint density at radius 2 is 1.76 bits per heavy atom. The van der Waals surface area contributed by atoms with Gasteiger partial charge in [-0.1, -0.05) is 32.0 Å². The normalized spacial score (nSPS) is 13.6. The van der Waals surface area contributed by atoms with Crippen LogP contribution in [0.5, 0.6) is 0 Å². The molecule has 1 aromatic carbocycles. The van der Waals surface area contributed by atoms with Gasteiger partial charge in [0.25, 0.3) is 0 Å². The first-order valence-electron chi connectivity index (χ1n) is 5.13. The van der Waals surface area contributed by atoms with E-state index >= 15 is 0 Å². The molecule has 5 nitrogen and oxygen atoms in total. The number of benzene rings is 1. The Morgan fingerprint density at radius 1 is 1.24 bits per heavy atom. The Bertz CT molecular complexity index is 481. The Morgan fingerprint density at radius 3 is 2.18 bits per heavy atom. The molecule has 0 fully saturated rings. The molecule has 6 heteroatoms. The summed E-state index contributed by atoms with van der Waals surface area (Å²) in [7, 11) is -3.82. The van der Waals surface area contributed by atoms with Crippen molar-refractivity contribution in [3.63, 3.8) is 0 Å². The fourth-order valence-corrected chi connectivity index (χ4v) is 2.65. The second-order valence-electron chi connectivity index (χ2n) is 3.98. The molecule has 0 bridgehead atoms. The van der Waals surface area contributed by atoms with Gasteiger partial charge in [-0.3, -0.25) is 0 Å². The van der Waals surface area contributed by atoms with E-state index in [0.29, 0.717) is 0 Å². The van der Waals surface area contributed by atoms with Crippen LogP contribution in [0.4, 0.5) is 0 Å². The summed E-state index contributed by atoms with van der Waals surface area (Å²) in [5.74, 6) is -1.82. The zero-order valence-electron chi connectivity index (χ0n) is 9.58. The van der Waals surface area contributed by atoms with Crippen molar-refractivity contribution in [2.24, 2.45) is 5.92 Å². The summed E-state index contributed by atoms with van der Waals surface area (Å²) < 4.78 is 25.8. The molecule has 0 saturated heterocycles. The third kappa shape index (κ3) is 3.54. The van der Waals surface area contributed by atoms with Crippen LogP contribution in [0.3, 0.4) is 0 Å². The van der Waals surface area contributed by atoms with Gasteiger partial charge in [0.2, 0.25) is 10.0 Å². The molecule has 0 aliphatic heterocycles. The van der Waals surface area contributed by atoms with Crippen molar-refractivity contribution in [2.75, 3.05) is 0 Å². The van der Waals surface area contributed by atoms with Crippen molar-refractivity contribution < 1.29 is 18.3 Å². The van der Waals surface area contributed by atoms with Gasteiger partial charge in [0.15, 0.2) is 0 Å². The van der Waals surface area contributed by atoms with Gasteiger partial charge in [-0.2, -0.15) is 0 Å². The summed E-state index contributed by atoms with van der Waals surface area (Å²) in [5.41, 5.74) is 0. The quantitative estimate of drug-likeness (QED) is 0.786. The van der Waals surface area contributed by atoms with Gasteiger partial charge in [-0.15, -0.1) is 0 Å². The van der Waals surface area contributed by atoms with Gasteiger partial charge in [-0.25, -0.2) is 13.1 Å². The smallest absolute Gasteiger partial charge is 0.241 e. The minimum Gasteiger partial charge on any atom is -0.548 e. The third-order valence-electron chi connectivity index (χ3n) is 2.26. The number of sulfonamides is 1. The van der Waals surface area contributed by atoms with Crippen LogP contribution in [0.15, 0.2) is 35.2 Å². The number of carbonyl (C=O) groups is 1. The van der Waals surface area contributed by atoms with E-state index in [-0.39, 0.29) is 4.90 Å². The van der Waals surface area contributed by atoms with Crippen molar-refractivity contribution in [3.8, 4) is 0 Å². The van der Waals surface area contributed by atoms with Gasteiger partial charge in [0, 0.05) is 0 Å². The van der Waals surface area contributed by atoms with E-state index in [4.69, 9.17) is 0 Å². The molecular weight excluding hydrogens is 242 g/mol. The van der Waals surface area contributed by atoms with E-state index in [1.54, 1.807) is 32.0 Å². The summed E-state index contributed by atoms with van der Waals surface area (Å²) in [6.45, 7) is 3.21. The number of hydrogen-bond acceptors (Lipinski definition) is 4. The van der Waals surface area contributed by atoms with Crippen LogP contribution in [0, 0.1) is 5.92 Å². The number of carboxylic acids is 1. The summed E-state index contributed by atoms with van der Waals surface area (Å²) in [5, 5.41) is 10.8. The van der Waals surface area contributed by atoms with Crippen molar-refractivity contribution in [3.05, 3.63) is 30.3 Å². The lowest BCUT2D eigenvalue weighted by Gasteiger charge is -2.22. The molecule has 0 heterocycles. The molecule has 1 unspecified atom stereocenters. The Kier molecular flexibility index (Phi) is 4.25. The molecule has 94 valence electrons. The highest BCUT2D eigenvalue weighted by Gasteiger charge is 2.22. The summed E-state index contributed by atoms with van der Waals surface area (Å²) in [4.78, 5) is 10.8. The molecule has 0 spiro atoms. The number of nitrogens with one attached hydrogen (secondary N) is 1. The lowest BCUT2D eigenvalue weighted by molar-refractivity contribution is -0.309. The maximum atomic E-state index is 11.8. The SMILES string of the molecule is CC(C)C(NS(=O)(=O)c1ccccc1)C(=O)[O-]. The molecule has 1 aromatic rings. The molecule has 1 N–H and O–H groups in total. The molecule has 0 aliphatic rings. The van der Waals surface area contributed by atoms with Gasteiger partial charge < -0.3 is 9.90 Å². The summed E-state index contributed by atoms with van der Waals surface area (Å²) in [6.07, 6.45) is 0. The second kappa shape index (κ2) is 5.29. The summed E-state index contributed by atoms with van der Waals surface area (Å²) >= 11 is 0. The zero-order chi connectivity index (χ0) is 13.1. The van der Waals surface area contributed by atoms with Crippen LogP contribution in [-0.2, 0) is 14.8 Å². The van der Waals surface area contributed by atoms with E-state index in [1.807, 2.05) is 0 Å². The molecule has 0 saturated carbocycles. The first-order chi connectivity index (χ1) is 7.84. The highest BCUT2D eigenvalue weighted by Crippen LogP contribution is 2.10. The Balaban J connectivity index is 2.97. The summed E-state index contributed by atoms with van der Waals surface area (Å²) in [6, 6.07) is 6.37. The zero-order valence-corrected chi connectivity index (χ0v) is 10.4. The van der Waals surface area contributed by atoms with Crippen molar-refractivity contribution in [1.29, 1.82) is 0 Å². The first kappa shape index (κ1) is 13.7. The average molecular weight is 256 g/mol. The monoisotopic (exact) mass is 256 g/mol. The van der Waals surface area contributed by atoms with Gasteiger partial charge >= 0.3 is 0 Å². The van der Waals surface area contributed by atoms with E-state index in [9.17, 15) is 18.3 Å². The topological polar surface area (TPSA) is 86.3 Å². The average Bonchev–Trinajstić information content (AvgIpc) is 2.26. The Hall–Kier alpha value is -1.40. The van der Waals surface area contributed by atoms with Gasteiger partial charge in [0.1, 0.15) is 0 Å². The van der Waals surface area contributed by atoms with Crippen LogP contribution < -0.4 is 9.83 Å². The second-order valence-corrected chi connectivity index (χ2v) is 5.69. The fraction of sp³-hybridized carbons (Fsp3) is 0.364. The third-order valence-corrected chi connectivity index (χ3v) is 3.71.